The van der Waals surface area contributed by atoms with Crippen molar-refractivity contribution in [2.45, 2.75) is 67.7 Å². The number of ether oxygens (including phenoxy) is 2. The van der Waals surface area contributed by atoms with Crippen molar-refractivity contribution in [2.24, 2.45) is 10.8 Å². The molecule has 0 heterocycles. The van der Waals surface area contributed by atoms with E-state index in [1.165, 1.54) is 12.1 Å². The molecule has 0 aliphatic heterocycles. The molecule has 0 spiro atoms. The van der Waals surface area contributed by atoms with Gasteiger partial charge in [0.15, 0.2) is 0 Å². The fourth-order valence-corrected chi connectivity index (χ4v) is 4.63. The number of phosphoric acid groups is 1. The number of phosphoric ester groups is 1. The first kappa shape index (κ1) is 33.9. The molecule has 0 amide bonds. The van der Waals surface area contributed by atoms with Crippen LogP contribution in [0.2, 0.25) is 10.0 Å². The molecule has 0 atom stereocenters. The molecular formula is C28H37Cl2O9P. The molecule has 0 saturated carbocycles. The van der Waals surface area contributed by atoms with Gasteiger partial charge in [0.05, 0.1) is 10.8 Å². The summed E-state index contributed by atoms with van der Waals surface area (Å²) in [7, 11) is -4.50. The van der Waals surface area contributed by atoms with Crippen LogP contribution >= 0.6 is 31.0 Å². The molecule has 2 aromatic carbocycles. The highest BCUT2D eigenvalue weighted by atomic mass is 35.5. The number of carbonyl (C=O) groups excluding carboxylic acids is 2. The molecule has 0 unspecified atom stereocenters. The number of rotatable bonds is 11. The van der Waals surface area contributed by atoms with Crippen LogP contribution in [0.1, 0.15) is 78.0 Å². The highest BCUT2D eigenvalue weighted by Crippen LogP contribution is 2.50. The topological polar surface area (TPSA) is 118 Å². The smallest absolute Gasteiger partial charge is 0.508 e. The Balaban J connectivity index is 2.25. The lowest BCUT2D eigenvalue weighted by Gasteiger charge is -2.22. The number of aromatic hydroxyl groups is 1. The molecule has 0 radical (unpaired) electrons. The number of phenols is 1. The van der Waals surface area contributed by atoms with E-state index in [0.717, 1.165) is 11.1 Å². The highest BCUT2D eigenvalue weighted by Gasteiger charge is 2.33. The van der Waals surface area contributed by atoms with Crippen LogP contribution in [-0.2, 0) is 39.1 Å². The second-order valence-electron chi connectivity index (χ2n) is 11.5. The molecule has 0 saturated heterocycles. The molecule has 2 aromatic rings. The molecule has 9 nitrogen and oxygen atoms in total. The summed E-state index contributed by atoms with van der Waals surface area (Å²) in [6.07, 6.45) is 0.355. The predicted octanol–water partition coefficient (Wildman–Crippen LogP) is 8.03. The predicted molar refractivity (Wildman–Crippen MR) is 153 cm³/mol. The summed E-state index contributed by atoms with van der Waals surface area (Å²) in [4.78, 5) is 24.2. The normalized spacial score (nSPS) is 12.4. The molecular weight excluding hydrogens is 582 g/mol. The van der Waals surface area contributed by atoms with Crippen LogP contribution in [0.15, 0.2) is 30.3 Å². The molecule has 0 fully saturated rings. The van der Waals surface area contributed by atoms with Crippen LogP contribution in [0.25, 0.3) is 0 Å². The molecule has 0 aliphatic carbocycles. The second-order valence-corrected chi connectivity index (χ2v) is 13.9. The first-order chi connectivity index (χ1) is 18.3. The zero-order chi connectivity index (χ0) is 30.5. The molecule has 222 valence electrons. The van der Waals surface area contributed by atoms with Gasteiger partial charge in [0.25, 0.3) is 0 Å². The molecule has 0 aliphatic rings. The average Bonchev–Trinajstić information content (AvgIpc) is 2.80. The van der Waals surface area contributed by atoms with Gasteiger partial charge in [0.1, 0.15) is 11.5 Å². The summed E-state index contributed by atoms with van der Waals surface area (Å²) in [5.41, 5.74) is 0.575. The van der Waals surface area contributed by atoms with Crippen molar-refractivity contribution in [2.75, 3.05) is 13.6 Å². The van der Waals surface area contributed by atoms with Crippen LogP contribution < -0.4 is 4.52 Å². The van der Waals surface area contributed by atoms with Crippen molar-refractivity contribution in [1.82, 2.24) is 0 Å². The van der Waals surface area contributed by atoms with E-state index in [1.807, 2.05) is 19.9 Å². The fraction of sp³-hybridized carbons (Fsp3) is 0.500. The molecule has 1 N–H and O–H groups in total. The number of hydrogen-bond donors (Lipinski definition) is 1. The number of esters is 2. The lowest BCUT2D eigenvalue weighted by atomic mass is 9.96. The lowest BCUT2D eigenvalue weighted by molar-refractivity contribution is -0.162. The Morgan fingerprint density at radius 3 is 1.77 bits per heavy atom. The standard InChI is InChI=1S/C28H37Cl2O9P/c1-17(2)20-11-18(9-10-24(20)31)12-21-22(29)13-19(14-23(21)30)39-40(34,37-15-35-25(32)27(3,4)5)38-16-36-26(33)28(6,7)8/h9-11,13-14,17,31H,12,15-16H2,1-8H3. The maximum Gasteiger partial charge on any atom is 0.535 e. The van der Waals surface area contributed by atoms with Crippen molar-refractivity contribution in [3.05, 3.63) is 57.1 Å². The van der Waals surface area contributed by atoms with Gasteiger partial charge in [-0.05, 0) is 82.3 Å². The van der Waals surface area contributed by atoms with Gasteiger partial charge in [0.2, 0.25) is 13.6 Å². The van der Waals surface area contributed by atoms with Crippen LogP contribution in [0, 0.1) is 10.8 Å². The largest absolute Gasteiger partial charge is 0.535 e. The number of phenolic OH excluding ortho intramolecular Hbond substituents is 1. The Labute approximate surface area is 245 Å². The Hall–Kier alpha value is -2.29. The van der Waals surface area contributed by atoms with Crippen molar-refractivity contribution in [1.29, 1.82) is 0 Å². The van der Waals surface area contributed by atoms with Gasteiger partial charge in [-0.2, -0.15) is 0 Å². The van der Waals surface area contributed by atoms with Crippen molar-refractivity contribution >= 4 is 43.0 Å². The summed E-state index contributed by atoms with van der Waals surface area (Å²) in [6, 6.07) is 8.03. The molecule has 12 heteroatoms. The highest BCUT2D eigenvalue weighted by molar-refractivity contribution is 7.48. The van der Waals surface area contributed by atoms with E-state index in [2.05, 4.69) is 0 Å². The van der Waals surface area contributed by atoms with E-state index in [1.54, 1.807) is 53.7 Å². The van der Waals surface area contributed by atoms with Gasteiger partial charge in [-0.3, -0.25) is 9.59 Å². The van der Waals surface area contributed by atoms with Gasteiger partial charge in [-0.25, -0.2) is 13.6 Å². The zero-order valence-corrected chi connectivity index (χ0v) is 26.4. The Morgan fingerprint density at radius 1 is 0.875 bits per heavy atom. The number of hydrogen-bond acceptors (Lipinski definition) is 9. The Bertz CT molecular complexity index is 1200. The maximum atomic E-state index is 13.4. The summed E-state index contributed by atoms with van der Waals surface area (Å²) in [6.45, 7) is 12.3. The van der Waals surface area contributed by atoms with Gasteiger partial charge in [0, 0.05) is 16.5 Å². The second kappa shape index (κ2) is 13.6. The fourth-order valence-electron chi connectivity index (χ4n) is 3.12. The minimum atomic E-state index is -4.50. The molecule has 0 aromatic heterocycles. The Kier molecular flexibility index (Phi) is 11.5. The first-order valence-corrected chi connectivity index (χ1v) is 14.8. The third-order valence-corrected chi connectivity index (χ3v) is 7.41. The monoisotopic (exact) mass is 618 g/mol. The van der Waals surface area contributed by atoms with E-state index < -0.39 is 44.2 Å². The van der Waals surface area contributed by atoms with Crippen LogP contribution in [0.3, 0.4) is 0 Å². The summed E-state index contributed by atoms with van der Waals surface area (Å²) in [5.74, 6) is -0.954. The number of halogens is 2. The van der Waals surface area contributed by atoms with E-state index in [-0.39, 0.29) is 27.5 Å². The summed E-state index contributed by atoms with van der Waals surface area (Å²) >= 11 is 13.0. The van der Waals surface area contributed by atoms with Gasteiger partial charge in [-0.15, -0.1) is 0 Å². The minimum Gasteiger partial charge on any atom is -0.508 e. The third-order valence-electron chi connectivity index (χ3n) is 5.45. The number of benzene rings is 2. The quantitative estimate of drug-likeness (QED) is 0.152. The number of carbonyl (C=O) groups is 2. The summed E-state index contributed by atoms with van der Waals surface area (Å²) in [5, 5.41) is 10.5. The zero-order valence-electron chi connectivity index (χ0n) is 24.0. The summed E-state index contributed by atoms with van der Waals surface area (Å²) < 4.78 is 39.3. The van der Waals surface area contributed by atoms with Crippen molar-refractivity contribution in [3.8, 4) is 11.5 Å². The van der Waals surface area contributed by atoms with Crippen molar-refractivity contribution in [3.63, 3.8) is 0 Å². The Morgan fingerprint density at radius 2 is 1.35 bits per heavy atom. The maximum absolute atomic E-state index is 13.4. The van der Waals surface area contributed by atoms with E-state index in [9.17, 15) is 19.3 Å². The van der Waals surface area contributed by atoms with E-state index >= 15 is 0 Å². The molecule has 2 rings (SSSR count). The van der Waals surface area contributed by atoms with E-state index in [4.69, 9.17) is 46.2 Å². The third kappa shape index (κ3) is 9.96. The molecule has 0 bridgehead atoms. The van der Waals surface area contributed by atoms with E-state index in [0.29, 0.717) is 12.0 Å². The van der Waals surface area contributed by atoms with Crippen LogP contribution in [0.5, 0.6) is 11.5 Å². The van der Waals surface area contributed by atoms with Gasteiger partial charge >= 0.3 is 19.8 Å². The lowest BCUT2D eigenvalue weighted by Crippen LogP contribution is -2.25. The van der Waals surface area contributed by atoms with Gasteiger partial charge in [-0.1, -0.05) is 49.2 Å². The van der Waals surface area contributed by atoms with Crippen LogP contribution in [0.4, 0.5) is 0 Å². The SMILES string of the molecule is CC(C)c1cc(Cc2c(Cl)cc(OP(=O)(OCOC(=O)C(C)(C)C)OCOC(=O)C(C)(C)C)cc2Cl)ccc1O. The van der Waals surface area contributed by atoms with Crippen molar-refractivity contribution < 1.29 is 42.3 Å². The van der Waals surface area contributed by atoms with Gasteiger partial charge < -0.3 is 19.1 Å². The first-order valence-electron chi connectivity index (χ1n) is 12.6. The van der Waals surface area contributed by atoms with Crippen LogP contribution in [-0.4, -0.2) is 30.6 Å². The molecule has 40 heavy (non-hydrogen) atoms. The average molecular weight is 619 g/mol. The minimum absolute atomic E-state index is 0.0556.